The van der Waals surface area contributed by atoms with Gasteiger partial charge in [0, 0.05) is 18.7 Å². The lowest BCUT2D eigenvalue weighted by Crippen LogP contribution is -2.39. The molecule has 0 aliphatic carbocycles. The molecule has 2 aromatic rings. The van der Waals surface area contributed by atoms with Gasteiger partial charge >= 0.3 is 6.03 Å². The Balaban J connectivity index is 1.84. The summed E-state index contributed by atoms with van der Waals surface area (Å²) in [5, 5.41) is 2.93. The summed E-state index contributed by atoms with van der Waals surface area (Å²) in [6, 6.07) is 15.0. The number of methoxy groups -OCH3 is 1. The topological polar surface area (TPSA) is 53.9 Å². The van der Waals surface area contributed by atoms with Gasteiger partial charge < -0.3 is 10.1 Å². The quantitative estimate of drug-likeness (QED) is 0.919. The number of amides is 2. The summed E-state index contributed by atoms with van der Waals surface area (Å²) in [6.07, 6.45) is 1.79. The molecule has 0 saturated carbocycles. The minimum Gasteiger partial charge on any atom is -0.497 e. The Morgan fingerprint density at radius 2 is 1.83 bits per heavy atom. The second-order valence-electron chi connectivity index (χ2n) is 5.73. The van der Waals surface area contributed by atoms with Crippen molar-refractivity contribution in [1.82, 2.24) is 0 Å². The molecule has 1 heterocycles. The first-order valence-corrected chi connectivity index (χ1v) is 8.02. The number of rotatable bonds is 3. The van der Waals surface area contributed by atoms with E-state index >= 15 is 0 Å². The minimum atomic E-state index is -0.204. The van der Waals surface area contributed by atoms with Gasteiger partial charge in [-0.1, -0.05) is 17.7 Å². The summed E-state index contributed by atoms with van der Waals surface area (Å²) in [5.74, 6) is 1.56. The Kier molecular flexibility index (Phi) is 4.79. The van der Waals surface area contributed by atoms with Crippen LogP contribution in [0.1, 0.15) is 18.4 Å². The number of nitrogens with zero attached hydrogens (tertiary/aromatic N) is 2. The number of aliphatic imine (C=N–C) groups is 1. The number of benzene rings is 2. The zero-order valence-electron chi connectivity index (χ0n) is 14.0. The number of amidine groups is 1. The van der Waals surface area contributed by atoms with Gasteiger partial charge in [-0.25, -0.2) is 4.79 Å². The van der Waals surface area contributed by atoms with E-state index in [1.165, 1.54) is 0 Å². The van der Waals surface area contributed by atoms with Crippen LogP contribution in [0, 0.1) is 6.92 Å². The molecule has 124 valence electrons. The van der Waals surface area contributed by atoms with Gasteiger partial charge in [-0.2, -0.15) is 0 Å². The number of urea groups is 1. The number of anilines is 2. The van der Waals surface area contributed by atoms with Gasteiger partial charge in [0.25, 0.3) is 0 Å². The van der Waals surface area contributed by atoms with E-state index in [9.17, 15) is 4.79 Å². The van der Waals surface area contributed by atoms with Gasteiger partial charge in [0.2, 0.25) is 0 Å². The Labute approximate surface area is 142 Å². The van der Waals surface area contributed by atoms with Gasteiger partial charge in [-0.15, -0.1) is 0 Å². The molecule has 2 amide bonds. The van der Waals surface area contributed by atoms with E-state index in [2.05, 4.69) is 10.3 Å². The minimum absolute atomic E-state index is 0.204. The van der Waals surface area contributed by atoms with Crippen molar-refractivity contribution in [2.24, 2.45) is 4.99 Å². The molecule has 0 aromatic heterocycles. The van der Waals surface area contributed by atoms with Crippen molar-refractivity contribution in [3.8, 4) is 5.75 Å². The molecule has 5 nitrogen and oxygen atoms in total. The maximum atomic E-state index is 12.8. The van der Waals surface area contributed by atoms with E-state index in [1.54, 1.807) is 12.0 Å². The standard InChI is InChI=1S/C19H21N3O2/c1-14-5-9-16(10-6-14)22(18-4-3-13-20-18)19(23)21-15-7-11-17(24-2)12-8-15/h5-12H,3-4,13H2,1-2H3,(H,21,23). The van der Waals surface area contributed by atoms with Crippen molar-refractivity contribution in [2.75, 3.05) is 23.9 Å². The monoisotopic (exact) mass is 323 g/mol. The lowest BCUT2D eigenvalue weighted by atomic mass is 10.2. The fraction of sp³-hybridized carbons (Fsp3) is 0.263. The van der Waals surface area contributed by atoms with E-state index in [4.69, 9.17) is 4.74 Å². The summed E-state index contributed by atoms with van der Waals surface area (Å²) in [5.41, 5.74) is 2.70. The summed E-state index contributed by atoms with van der Waals surface area (Å²) in [6.45, 7) is 2.80. The van der Waals surface area contributed by atoms with E-state index in [0.717, 1.165) is 47.9 Å². The van der Waals surface area contributed by atoms with E-state index in [0.29, 0.717) is 0 Å². The van der Waals surface area contributed by atoms with Crippen LogP contribution in [-0.2, 0) is 0 Å². The van der Waals surface area contributed by atoms with Crippen LogP contribution >= 0.6 is 0 Å². The van der Waals surface area contributed by atoms with Crippen LogP contribution in [-0.4, -0.2) is 25.5 Å². The van der Waals surface area contributed by atoms with Gasteiger partial charge in [-0.05, 0) is 49.7 Å². The highest BCUT2D eigenvalue weighted by molar-refractivity contribution is 6.20. The Morgan fingerprint density at radius 3 is 2.42 bits per heavy atom. The number of carbonyl (C=O) groups is 1. The first-order valence-electron chi connectivity index (χ1n) is 8.02. The summed E-state index contributed by atoms with van der Waals surface area (Å²) in [4.78, 5) is 19.0. The molecule has 24 heavy (non-hydrogen) atoms. The van der Waals surface area contributed by atoms with E-state index in [1.807, 2.05) is 55.5 Å². The number of hydrogen-bond acceptors (Lipinski definition) is 3. The summed E-state index contributed by atoms with van der Waals surface area (Å²) < 4.78 is 5.14. The maximum Gasteiger partial charge on any atom is 0.331 e. The molecule has 1 N–H and O–H groups in total. The fourth-order valence-electron chi connectivity index (χ4n) is 2.64. The van der Waals surface area contributed by atoms with Crippen molar-refractivity contribution in [3.63, 3.8) is 0 Å². The predicted molar refractivity (Wildman–Crippen MR) is 97.2 cm³/mol. The highest BCUT2D eigenvalue weighted by Crippen LogP contribution is 2.22. The Morgan fingerprint density at radius 1 is 1.12 bits per heavy atom. The summed E-state index contributed by atoms with van der Waals surface area (Å²) in [7, 11) is 1.62. The lowest BCUT2D eigenvalue weighted by molar-refractivity contribution is 0.259. The smallest absolute Gasteiger partial charge is 0.331 e. The number of nitrogens with one attached hydrogen (secondary N) is 1. The molecule has 0 radical (unpaired) electrons. The second-order valence-corrected chi connectivity index (χ2v) is 5.73. The third-order valence-corrected chi connectivity index (χ3v) is 3.95. The predicted octanol–water partition coefficient (Wildman–Crippen LogP) is 4.23. The van der Waals surface area contributed by atoms with Crippen molar-refractivity contribution in [1.29, 1.82) is 0 Å². The largest absolute Gasteiger partial charge is 0.497 e. The molecular weight excluding hydrogens is 302 g/mol. The third-order valence-electron chi connectivity index (χ3n) is 3.95. The highest BCUT2D eigenvalue weighted by Gasteiger charge is 2.23. The fourth-order valence-corrected chi connectivity index (χ4v) is 2.64. The van der Waals surface area contributed by atoms with Crippen LogP contribution in [0.3, 0.4) is 0 Å². The van der Waals surface area contributed by atoms with E-state index in [-0.39, 0.29) is 6.03 Å². The highest BCUT2D eigenvalue weighted by atomic mass is 16.5. The van der Waals surface area contributed by atoms with Crippen molar-refractivity contribution in [2.45, 2.75) is 19.8 Å². The average Bonchev–Trinajstić information content (AvgIpc) is 3.11. The second kappa shape index (κ2) is 7.17. The van der Waals surface area contributed by atoms with Gasteiger partial charge in [0.05, 0.1) is 12.8 Å². The average molecular weight is 323 g/mol. The van der Waals surface area contributed by atoms with Crippen LogP contribution in [0.15, 0.2) is 53.5 Å². The van der Waals surface area contributed by atoms with Crippen LogP contribution in [0.4, 0.5) is 16.2 Å². The normalized spacial score (nSPS) is 13.3. The number of carbonyl (C=O) groups excluding carboxylic acids is 1. The summed E-state index contributed by atoms with van der Waals surface area (Å²) >= 11 is 0. The molecule has 1 aliphatic heterocycles. The number of hydrogen-bond donors (Lipinski definition) is 1. The molecule has 1 aliphatic rings. The third kappa shape index (κ3) is 3.56. The van der Waals surface area contributed by atoms with Gasteiger partial charge in [0.1, 0.15) is 11.6 Å². The molecule has 2 aromatic carbocycles. The molecular formula is C19H21N3O2. The molecule has 0 bridgehead atoms. The first-order chi connectivity index (χ1) is 11.7. The van der Waals surface area contributed by atoms with Crippen molar-refractivity contribution in [3.05, 3.63) is 54.1 Å². The van der Waals surface area contributed by atoms with Crippen LogP contribution in [0.25, 0.3) is 0 Å². The zero-order valence-corrected chi connectivity index (χ0v) is 14.0. The molecule has 3 rings (SSSR count). The molecule has 0 saturated heterocycles. The van der Waals surface area contributed by atoms with Crippen LogP contribution < -0.4 is 15.0 Å². The molecule has 0 atom stereocenters. The molecule has 0 spiro atoms. The Hall–Kier alpha value is -2.82. The van der Waals surface area contributed by atoms with Crippen molar-refractivity contribution < 1.29 is 9.53 Å². The molecule has 0 unspecified atom stereocenters. The van der Waals surface area contributed by atoms with Crippen LogP contribution in [0.2, 0.25) is 0 Å². The number of aryl methyl sites for hydroxylation is 1. The SMILES string of the molecule is COc1ccc(NC(=O)N(C2=NCCC2)c2ccc(C)cc2)cc1. The molecule has 5 heteroatoms. The van der Waals surface area contributed by atoms with Gasteiger partial charge in [-0.3, -0.25) is 9.89 Å². The van der Waals surface area contributed by atoms with Crippen molar-refractivity contribution >= 4 is 23.2 Å². The van der Waals surface area contributed by atoms with Gasteiger partial charge in [0.15, 0.2) is 0 Å². The van der Waals surface area contributed by atoms with E-state index < -0.39 is 0 Å². The Bertz CT molecular complexity index is 736. The van der Waals surface area contributed by atoms with Crippen LogP contribution in [0.5, 0.6) is 5.75 Å². The maximum absolute atomic E-state index is 12.8. The number of ether oxygens (including phenoxy) is 1. The zero-order chi connectivity index (χ0) is 16.9. The first kappa shape index (κ1) is 16.1. The lowest BCUT2D eigenvalue weighted by Gasteiger charge is -2.23. The molecule has 0 fully saturated rings.